The quantitative estimate of drug-likeness (QED) is 0.587. The molecule has 3 nitrogen and oxygen atoms in total. The zero-order valence-electron chi connectivity index (χ0n) is 4.90. The summed E-state index contributed by atoms with van der Waals surface area (Å²) in [6.07, 6.45) is 5.00. The van der Waals surface area contributed by atoms with E-state index in [1.807, 2.05) is 6.08 Å². The van der Waals surface area contributed by atoms with E-state index in [1.165, 1.54) is 6.33 Å². The maximum atomic E-state index is 3.87. The highest BCUT2D eigenvalue weighted by Crippen LogP contribution is 1.99. The first-order valence-electron chi connectivity index (χ1n) is 2.52. The van der Waals surface area contributed by atoms with Crippen molar-refractivity contribution >= 4 is 11.9 Å². The Bertz CT molecular complexity index is 170. The summed E-state index contributed by atoms with van der Waals surface area (Å²) in [4.78, 5) is 3.77. The minimum absolute atomic E-state index is 0.864. The highest BCUT2D eigenvalue weighted by molar-refractivity contribution is 7.97. The van der Waals surface area contributed by atoms with Crippen molar-refractivity contribution < 1.29 is 0 Å². The monoisotopic (exact) mass is 141 g/mol. The maximum Gasteiger partial charge on any atom is 0.138 e. The molecule has 0 radical (unpaired) electrons. The summed E-state index contributed by atoms with van der Waals surface area (Å²) < 4.78 is 1.70. The summed E-state index contributed by atoms with van der Waals surface area (Å²) in [5.41, 5.74) is 0. The molecular formula is C5H7N3S. The number of hydrogen-bond donors (Lipinski definition) is 0. The van der Waals surface area contributed by atoms with Gasteiger partial charge in [0.25, 0.3) is 0 Å². The highest BCUT2D eigenvalue weighted by Gasteiger charge is 1.85. The minimum atomic E-state index is 0.864. The third-order valence-electron chi connectivity index (χ3n) is 0.722. The third-order valence-corrected chi connectivity index (χ3v) is 1.56. The Labute approximate surface area is 57.9 Å². The van der Waals surface area contributed by atoms with Gasteiger partial charge < -0.3 is 0 Å². The molecular weight excluding hydrogens is 134 g/mol. The van der Waals surface area contributed by atoms with Crippen molar-refractivity contribution in [3.63, 3.8) is 0 Å². The Hall–Kier alpha value is -0.770. The SMILES string of the molecule is C=CCSn1cncn1. The van der Waals surface area contributed by atoms with E-state index in [1.54, 1.807) is 22.4 Å². The molecule has 1 aromatic heterocycles. The molecule has 0 atom stereocenters. The molecule has 4 heteroatoms. The smallest absolute Gasteiger partial charge is 0.138 e. The zero-order valence-corrected chi connectivity index (χ0v) is 5.71. The molecule has 0 aliphatic rings. The van der Waals surface area contributed by atoms with E-state index in [-0.39, 0.29) is 0 Å². The van der Waals surface area contributed by atoms with Crippen LogP contribution in [0.1, 0.15) is 0 Å². The first-order chi connectivity index (χ1) is 4.43. The Kier molecular flexibility index (Phi) is 2.32. The summed E-state index contributed by atoms with van der Waals surface area (Å²) in [7, 11) is 0. The lowest BCUT2D eigenvalue weighted by atomic mass is 10.8. The summed E-state index contributed by atoms with van der Waals surface area (Å²) in [5, 5.41) is 3.87. The van der Waals surface area contributed by atoms with Crippen molar-refractivity contribution in [2.24, 2.45) is 0 Å². The minimum Gasteiger partial charge on any atom is -0.222 e. The van der Waals surface area contributed by atoms with Crippen molar-refractivity contribution in [3.8, 4) is 0 Å². The molecule has 0 aliphatic heterocycles. The van der Waals surface area contributed by atoms with E-state index in [2.05, 4.69) is 16.7 Å². The van der Waals surface area contributed by atoms with Gasteiger partial charge in [0, 0.05) is 5.75 Å². The van der Waals surface area contributed by atoms with Crippen molar-refractivity contribution in [1.29, 1.82) is 0 Å². The Morgan fingerprint density at radius 3 is 3.22 bits per heavy atom. The average molecular weight is 141 g/mol. The van der Waals surface area contributed by atoms with Crippen LogP contribution in [0.3, 0.4) is 0 Å². The van der Waals surface area contributed by atoms with Crippen LogP contribution in [-0.2, 0) is 0 Å². The molecule has 0 amide bonds. The fourth-order valence-corrected chi connectivity index (χ4v) is 0.881. The van der Waals surface area contributed by atoms with Crippen LogP contribution < -0.4 is 0 Å². The molecule has 0 unspecified atom stereocenters. The Balaban J connectivity index is 2.38. The second kappa shape index (κ2) is 3.29. The summed E-state index contributed by atoms with van der Waals surface area (Å²) in [6, 6.07) is 0. The van der Waals surface area contributed by atoms with Crippen LogP contribution in [0.25, 0.3) is 0 Å². The van der Waals surface area contributed by atoms with E-state index >= 15 is 0 Å². The topological polar surface area (TPSA) is 30.7 Å². The molecule has 48 valence electrons. The molecule has 0 N–H and O–H groups in total. The van der Waals surface area contributed by atoms with Crippen LogP contribution in [0, 0.1) is 0 Å². The van der Waals surface area contributed by atoms with Gasteiger partial charge in [-0.15, -0.1) is 11.7 Å². The lowest BCUT2D eigenvalue weighted by Gasteiger charge is -1.91. The standard InChI is InChI=1S/C5H7N3S/c1-2-3-9-8-5-6-4-7-8/h2,4-5H,1,3H2. The van der Waals surface area contributed by atoms with Crippen molar-refractivity contribution in [3.05, 3.63) is 25.3 Å². The fraction of sp³-hybridized carbons (Fsp3) is 0.200. The molecule has 0 bridgehead atoms. The van der Waals surface area contributed by atoms with Crippen LogP contribution in [0.4, 0.5) is 0 Å². The summed E-state index contributed by atoms with van der Waals surface area (Å²) in [5.74, 6) is 0.864. The van der Waals surface area contributed by atoms with Gasteiger partial charge in [0.05, 0.1) is 0 Å². The van der Waals surface area contributed by atoms with E-state index in [4.69, 9.17) is 0 Å². The van der Waals surface area contributed by atoms with Gasteiger partial charge in [-0.1, -0.05) is 6.08 Å². The summed E-state index contributed by atoms with van der Waals surface area (Å²) >= 11 is 1.55. The first kappa shape index (κ1) is 6.35. The van der Waals surface area contributed by atoms with Crippen molar-refractivity contribution in [2.75, 3.05) is 5.75 Å². The second-order valence-corrected chi connectivity index (χ2v) is 2.35. The molecule has 1 rings (SSSR count). The molecule has 0 aromatic carbocycles. The van der Waals surface area contributed by atoms with Gasteiger partial charge in [0.2, 0.25) is 0 Å². The van der Waals surface area contributed by atoms with E-state index in [0.717, 1.165) is 5.75 Å². The summed E-state index contributed by atoms with van der Waals surface area (Å²) in [6.45, 7) is 3.58. The largest absolute Gasteiger partial charge is 0.222 e. The molecule has 1 aromatic rings. The predicted molar refractivity (Wildman–Crippen MR) is 38.1 cm³/mol. The van der Waals surface area contributed by atoms with Crippen LogP contribution in [0.5, 0.6) is 0 Å². The van der Waals surface area contributed by atoms with Gasteiger partial charge in [0.1, 0.15) is 12.7 Å². The number of hydrogen-bond acceptors (Lipinski definition) is 3. The molecule has 0 spiro atoms. The third kappa shape index (κ3) is 1.89. The van der Waals surface area contributed by atoms with Gasteiger partial charge in [-0.25, -0.2) is 4.98 Å². The highest BCUT2D eigenvalue weighted by atomic mass is 32.2. The van der Waals surface area contributed by atoms with Crippen LogP contribution in [0.15, 0.2) is 25.3 Å². The van der Waals surface area contributed by atoms with Crippen LogP contribution in [0.2, 0.25) is 0 Å². The molecule has 0 saturated heterocycles. The van der Waals surface area contributed by atoms with Gasteiger partial charge in [-0.05, 0) is 11.9 Å². The number of nitrogens with zero attached hydrogens (tertiary/aromatic N) is 3. The molecule has 1 heterocycles. The normalized spacial score (nSPS) is 9.33. The van der Waals surface area contributed by atoms with E-state index < -0.39 is 0 Å². The lowest BCUT2D eigenvalue weighted by Crippen LogP contribution is -1.86. The Morgan fingerprint density at radius 1 is 1.78 bits per heavy atom. The van der Waals surface area contributed by atoms with Crippen LogP contribution >= 0.6 is 11.9 Å². The van der Waals surface area contributed by atoms with Crippen LogP contribution in [-0.4, -0.2) is 19.9 Å². The van der Waals surface area contributed by atoms with Crippen molar-refractivity contribution in [2.45, 2.75) is 0 Å². The average Bonchev–Trinajstić information content (AvgIpc) is 2.34. The van der Waals surface area contributed by atoms with E-state index in [0.29, 0.717) is 0 Å². The van der Waals surface area contributed by atoms with Gasteiger partial charge >= 0.3 is 0 Å². The predicted octanol–water partition coefficient (Wildman–Crippen LogP) is 0.960. The van der Waals surface area contributed by atoms with E-state index in [9.17, 15) is 0 Å². The second-order valence-electron chi connectivity index (χ2n) is 1.38. The van der Waals surface area contributed by atoms with Gasteiger partial charge in [0.15, 0.2) is 0 Å². The fourth-order valence-electron chi connectivity index (χ4n) is 0.393. The molecule has 9 heavy (non-hydrogen) atoms. The lowest BCUT2D eigenvalue weighted by molar-refractivity contribution is 1.01. The molecule has 0 fully saturated rings. The van der Waals surface area contributed by atoms with Gasteiger partial charge in [-0.3, -0.25) is 0 Å². The molecule has 0 aliphatic carbocycles. The number of rotatable bonds is 3. The maximum absolute atomic E-state index is 3.87. The molecule has 0 saturated carbocycles. The first-order valence-corrected chi connectivity index (χ1v) is 3.46. The van der Waals surface area contributed by atoms with Gasteiger partial charge in [-0.2, -0.15) is 4.09 Å². The van der Waals surface area contributed by atoms with Crippen molar-refractivity contribution in [1.82, 2.24) is 14.2 Å². The number of aromatic nitrogens is 3. The zero-order chi connectivity index (χ0) is 6.53. The Morgan fingerprint density at radius 2 is 2.67 bits per heavy atom.